The summed E-state index contributed by atoms with van der Waals surface area (Å²) in [6.07, 6.45) is 44.3. The van der Waals surface area contributed by atoms with E-state index < -0.39 is 30.4 Å². The van der Waals surface area contributed by atoms with Crippen molar-refractivity contribution in [3.8, 4) is 0 Å². The minimum atomic E-state index is -0.597. The lowest BCUT2D eigenvalue weighted by Gasteiger charge is -2.44. The van der Waals surface area contributed by atoms with Crippen molar-refractivity contribution in [3.05, 3.63) is 130 Å². The summed E-state index contributed by atoms with van der Waals surface area (Å²) in [5, 5.41) is 31.0. The van der Waals surface area contributed by atoms with E-state index in [2.05, 4.69) is 146 Å². The molecule has 0 saturated heterocycles. The van der Waals surface area contributed by atoms with Gasteiger partial charge < -0.3 is 20.1 Å². The third-order valence-corrected chi connectivity index (χ3v) is 22.0. The summed E-state index contributed by atoms with van der Waals surface area (Å²) in [6.45, 7) is 41.4. The molecule has 0 aliphatic heterocycles. The third-order valence-electron chi connectivity index (χ3n) is 22.0. The molecule has 0 heterocycles. The van der Waals surface area contributed by atoms with Gasteiger partial charge in [0.15, 0.2) is 0 Å². The smallest absolute Gasteiger partial charge is 0.331 e. The first-order valence-corrected chi connectivity index (χ1v) is 32.6. The van der Waals surface area contributed by atoms with Crippen LogP contribution in [0.4, 0.5) is 0 Å². The number of carbonyl (C=O) groups is 1. The van der Waals surface area contributed by atoms with Crippen LogP contribution in [-0.2, 0) is 9.53 Å². The number of aliphatic hydroxyl groups excluding tert-OH is 3. The largest absolute Gasteiger partial charge is 0.454 e. The Morgan fingerprint density at radius 2 is 1.21 bits per heavy atom. The lowest BCUT2D eigenvalue weighted by Crippen LogP contribution is -2.36. The van der Waals surface area contributed by atoms with Gasteiger partial charge in [0, 0.05) is 18.9 Å². The number of hydrogen-bond acceptors (Lipinski definition) is 5. The number of aliphatic hydroxyl groups is 3. The maximum absolute atomic E-state index is 13.0. The molecule has 7 rings (SSSR count). The van der Waals surface area contributed by atoms with Crippen LogP contribution < -0.4 is 0 Å². The minimum absolute atomic E-state index is 0.227. The van der Waals surface area contributed by atoms with Gasteiger partial charge in [-0.3, -0.25) is 0 Å². The van der Waals surface area contributed by atoms with E-state index in [1.165, 1.54) is 126 Å². The molecule has 446 valence electrons. The standard InChI is InChI=1S/C47H70O3.C28H46O2/c1-32(2)15-11-18-36(6)42-25-26-43-38(20-14-28-47(42,43)10)22-23-39-30-40(48)31-44(37(39)7)50-45(49)29-34(4)17-12-16-33(3)21-24-41-35(5)19-13-27-46(41,8)9;1-18(2)19(3)9-10-20(4)25-13-14-26-22(8-7-15-28(25,26)6)11-12-23-16-24(29)17-27(30)21(23)5/h12,16-17,21-24,29,32,36,40,42-44,48H,7,11,13-15,18-20,25-28,30-31H2,1-6,8-10H3;11-12,18-20,24-27,29-30H,5,7-10,13-17H2,1-4,6H3/b17-12+,24-21+,33-16+,34-29+,38-22+,39-23-;22-11+,23-12-/t36-,40-,42-,43?,44?,47?;19?,20-,24-,25-,26?,27?,28?/m11/s1. The summed E-state index contributed by atoms with van der Waals surface area (Å²) in [4.78, 5) is 13.0. The number of esters is 1. The number of fused-ring (bicyclic) bond motifs is 2. The number of ether oxygens (including phenoxy) is 1. The van der Waals surface area contributed by atoms with Gasteiger partial charge in [0.05, 0.1) is 18.3 Å². The van der Waals surface area contributed by atoms with Crippen molar-refractivity contribution < 1.29 is 24.9 Å². The molecule has 7 aliphatic carbocycles. The van der Waals surface area contributed by atoms with Gasteiger partial charge in [-0.25, -0.2) is 4.79 Å². The maximum atomic E-state index is 13.0. The molecule has 13 atom stereocenters. The average molecular weight is 1100 g/mol. The molecule has 0 aromatic heterocycles. The molecular formula is C75H116O5. The second-order valence-corrected chi connectivity index (χ2v) is 29.2. The van der Waals surface area contributed by atoms with Crippen molar-refractivity contribution in [2.45, 2.75) is 263 Å². The Balaban J connectivity index is 0.000000292. The molecule has 80 heavy (non-hydrogen) atoms. The molecule has 6 fully saturated rings. The minimum Gasteiger partial charge on any atom is -0.454 e. The van der Waals surface area contributed by atoms with Crippen molar-refractivity contribution in [2.24, 2.45) is 69.5 Å². The van der Waals surface area contributed by atoms with Crippen molar-refractivity contribution >= 4 is 5.97 Å². The zero-order chi connectivity index (χ0) is 58.7. The fraction of sp³-hybridized carbons (Fsp3) is 0.693. The first-order chi connectivity index (χ1) is 37.7. The van der Waals surface area contributed by atoms with Crippen LogP contribution >= 0.6 is 0 Å². The van der Waals surface area contributed by atoms with E-state index in [1.54, 1.807) is 11.1 Å². The van der Waals surface area contributed by atoms with E-state index in [9.17, 15) is 20.1 Å². The predicted octanol–water partition coefficient (Wildman–Crippen LogP) is 19.5. The van der Waals surface area contributed by atoms with Crippen LogP contribution in [0.2, 0.25) is 0 Å². The van der Waals surface area contributed by atoms with E-state index in [-0.39, 0.29) is 5.41 Å². The van der Waals surface area contributed by atoms with Crippen LogP contribution in [0.3, 0.4) is 0 Å². The van der Waals surface area contributed by atoms with Crippen LogP contribution in [0.25, 0.3) is 0 Å². The van der Waals surface area contributed by atoms with Crippen LogP contribution in [0.5, 0.6) is 0 Å². The predicted molar refractivity (Wildman–Crippen MR) is 340 cm³/mol. The van der Waals surface area contributed by atoms with Gasteiger partial charge in [-0.1, -0.05) is 198 Å². The zero-order valence-electron chi connectivity index (χ0n) is 53.4. The fourth-order valence-corrected chi connectivity index (χ4v) is 16.6. The molecule has 6 saturated carbocycles. The highest BCUT2D eigenvalue weighted by Gasteiger charge is 2.52. The molecule has 0 aromatic rings. The highest BCUT2D eigenvalue weighted by molar-refractivity contribution is 5.83. The van der Waals surface area contributed by atoms with Gasteiger partial charge in [-0.05, 0) is 220 Å². The molecule has 3 N–H and O–H groups in total. The van der Waals surface area contributed by atoms with Gasteiger partial charge in [0.1, 0.15) is 6.10 Å². The molecule has 5 heteroatoms. The quantitative estimate of drug-likeness (QED) is 0.0723. The molecule has 0 bridgehead atoms. The fourth-order valence-electron chi connectivity index (χ4n) is 16.6. The molecule has 0 radical (unpaired) electrons. The highest BCUT2D eigenvalue weighted by Crippen LogP contribution is 2.61. The number of allylic oxidation sites excluding steroid dienone is 15. The first kappa shape index (κ1) is 65.6. The Morgan fingerprint density at radius 1 is 0.662 bits per heavy atom. The maximum Gasteiger partial charge on any atom is 0.331 e. The highest BCUT2D eigenvalue weighted by atomic mass is 16.5. The van der Waals surface area contributed by atoms with Crippen molar-refractivity contribution in [3.63, 3.8) is 0 Å². The second-order valence-electron chi connectivity index (χ2n) is 29.2. The zero-order valence-corrected chi connectivity index (χ0v) is 53.4. The monoisotopic (exact) mass is 1100 g/mol. The van der Waals surface area contributed by atoms with Crippen LogP contribution in [0.15, 0.2) is 130 Å². The Kier molecular flexibility index (Phi) is 24.1. The molecule has 7 aliphatic rings. The Hall–Kier alpha value is -3.51. The van der Waals surface area contributed by atoms with Crippen LogP contribution in [0, 0.1) is 69.5 Å². The summed E-state index contributed by atoms with van der Waals surface area (Å²) in [5.74, 6) is 6.57. The van der Waals surface area contributed by atoms with E-state index in [1.807, 2.05) is 19.1 Å². The lowest BCUT2D eigenvalue weighted by molar-refractivity contribution is -0.142. The van der Waals surface area contributed by atoms with Gasteiger partial charge in [-0.15, -0.1) is 0 Å². The summed E-state index contributed by atoms with van der Waals surface area (Å²) in [5.41, 5.74) is 12.8. The van der Waals surface area contributed by atoms with Crippen LogP contribution in [-0.4, -0.2) is 45.7 Å². The van der Waals surface area contributed by atoms with E-state index in [0.29, 0.717) is 48.3 Å². The molecular weight excluding hydrogens is 981 g/mol. The number of rotatable bonds is 18. The van der Waals surface area contributed by atoms with E-state index >= 15 is 0 Å². The lowest BCUT2D eigenvalue weighted by atomic mass is 9.60. The Morgan fingerprint density at radius 3 is 1.77 bits per heavy atom. The molecule has 0 amide bonds. The Bertz CT molecular complexity index is 2420. The number of carbonyl (C=O) groups excluding carboxylic acids is 1. The third kappa shape index (κ3) is 17.1. The van der Waals surface area contributed by atoms with Gasteiger partial charge >= 0.3 is 5.97 Å². The van der Waals surface area contributed by atoms with E-state index in [0.717, 1.165) is 81.3 Å². The first-order valence-electron chi connectivity index (χ1n) is 32.6. The summed E-state index contributed by atoms with van der Waals surface area (Å²) in [6, 6.07) is 0. The molecule has 0 aromatic carbocycles. The van der Waals surface area contributed by atoms with E-state index in [4.69, 9.17) is 4.74 Å². The van der Waals surface area contributed by atoms with Crippen LogP contribution in [0.1, 0.15) is 238 Å². The van der Waals surface area contributed by atoms with Crippen molar-refractivity contribution in [1.82, 2.24) is 0 Å². The molecule has 7 unspecified atom stereocenters. The number of hydrogen-bond donors (Lipinski definition) is 3. The molecule has 5 nitrogen and oxygen atoms in total. The summed E-state index contributed by atoms with van der Waals surface area (Å²) in [7, 11) is 0. The topological polar surface area (TPSA) is 87.0 Å². The molecule has 0 spiro atoms. The SMILES string of the molecule is C=C1/C(=C\C=C2/CCCC3(C)C2CC[C@@H]3[C@H](C)CCC(C)C(C)C)C[C@@H](O)CC1O.C=C1/C(=C\C=C2/CCCC3(C)C2CC[C@@H]3[C@H](C)CCCC(C)C)C[C@@H](O)CC1OC(=O)/C=C(C)/C=C/C=C(C)/C=C/C1=C(C)CCCC1(C)C. The summed E-state index contributed by atoms with van der Waals surface area (Å²) >= 11 is 0. The van der Waals surface area contributed by atoms with Crippen molar-refractivity contribution in [2.75, 3.05) is 0 Å². The summed E-state index contributed by atoms with van der Waals surface area (Å²) < 4.78 is 5.90. The van der Waals surface area contributed by atoms with Gasteiger partial charge in [0.2, 0.25) is 0 Å². The van der Waals surface area contributed by atoms with Gasteiger partial charge in [0.25, 0.3) is 0 Å². The van der Waals surface area contributed by atoms with Crippen molar-refractivity contribution in [1.29, 1.82) is 0 Å². The normalized spacial score (nSPS) is 34.7. The van der Waals surface area contributed by atoms with Gasteiger partial charge in [-0.2, -0.15) is 0 Å². The Labute approximate surface area is 490 Å². The average Bonchev–Trinajstić information content (AvgIpc) is 4.16. The second kappa shape index (κ2) is 29.3.